The Labute approximate surface area is 157 Å². The Bertz CT molecular complexity index is 752. The van der Waals surface area contributed by atoms with E-state index in [1.165, 1.54) is 0 Å². The summed E-state index contributed by atoms with van der Waals surface area (Å²) in [5.41, 5.74) is 2.07. The lowest BCUT2D eigenvalue weighted by Gasteiger charge is -2.19. The van der Waals surface area contributed by atoms with Crippen molar-refractivity contribution in [3.05, 3.63) is 64.7 Å². The number of benzene rings is 2. The Morgan fingerprint density at radius 2 is 1.92 bits per heavy atom. The second-order valence-electron chi connectivity index (χ2n) is 5.65. The Morgan fingerprint density at radius 1 is 1.16 bits per heavy atom. The van der Waals surface area contributed by atoms with Crippen LogP contribution in [0.25, 0.3) is 0 Å². The van der Waals surface area contributed by atoms with E-state index in [1.54, 1.807) is 48.2 Å². The average molecular weight is 377 g/mol. The van der Waals surface area contributed by atoms with Crippen molar-refractivity contribution in [1.29, 1.82) is 0 Å². The molecule has 2 aromatic rings. The van der Waals surface area contributed by atoms with Crippen LogP contribution >= 0.6 is 23.4 Å². The first-order valence-corrected chi connectivity index (χ1v) is 9.70. The predicted molar refractivity (Wildman–Crippen MR) is 106 cm³/mol. The van der Waals surface area contributed by atoms with Crippen molar-refractivity contribution in [3.8, 4) is 0 Å². The topological polar surface area (TPSA) is 58.2 Å². The highest BCUT2D eigenvalue weighted by Crippen LogP contribution is 2.21. The first-order chi connectivity index (χ1) is 12.0. The lowest BCUT2D eigenvalue weighted by molar-refractivity contribution is -0.118. The zero-order chi connectivity index (χ0) is 18.2. The Kier molecular flexibility index (Phi) is 7.34. The molecule has 0 radical (unpaired) electrons. The van der Waals surface area contributed by atoms with Crippen molar-refractivity contribution in [2.24, 2.45) is 0 Å². The molecule has 1 unspecified atom stereocenters. The van der Waals surface area contributed by atoms with Crippen LogP contribution in [0.2, 0.25) is 5.02 Å². The number of aryl methyl sites for hydroxylation is 1. The van der Waals surface area contributed by atoms with Gasteiger partial charge in [-0.2, -0.15) is 11.8 Å². The summed E-state index contributed by atoms with van der Waals surface area (Å²) in [4.78, 5) is 25.1. The van der Waals surface area contributed by atoms with Crippen LogP contribution in [0.1, 0.15) is 22.3 Å². The number of thioether (sulfide) groups is 1. The summed E-state index contributed by atoms with van der Waals surface area (Å²) < 4.78 is 0. The fourth-order valence-electron chi connectivity index (χ4n) is 2.31. The lowest BCUT2D eigenvalue weighted by atomic mass is 10.1. The molecular weight excluding hydrogens is 356 g/mol. The van der Waals surface area contributed by atoms with Gasteiger partial charge in [0.15, 0.2) is 0 Å². The molecule has 0 aliphatic carbocycles. The number of halogens is 1. The number of para-hydroxylation sites is 1. The van der Waals surface area contributed by atoms with Gasteiger partial charge < -0.3 is 10.6 Å². The van der Waals surface area contributed by atoms with Gasteiger partial charge in [0.1, 0.15) is 6.04 Å². The van der Waals surface area contributed by atoms with E-state index >= 15 is 0 Å². The quantitative estimate of drug-likeness (QED) is 0.763. The van der Waals surface area contributed by atoms with Gasteiger partial charge in [0.05, 0.1) is 10.7 Å². The SMILES string of the molecule is CSCCC(NC(=O)c1cccc(C)c1)C(=O)Nc1ccccc1Cl. The molecule has 0 spiro atoms. The van der Waals surface area contributed by atoms with Gasteiger partial charge >= 0.3 is 0 Å². The highest BCUT2D eigenvalue weighted by Gasteiger charge is 2.21. The van der Waals surface area contributed by atoms with Crippen molar-refractivity contribution < 1.29 is 9.59 Å². The third-order valence-corrected chi connectivity index (χ3v) is 4.62. The average Bonchev–Trinajstić information content (AvgIpc) is 2.60. The second-order valence-corrected chi connectivity index (χ2v) is 7.04. The van der Waals surface area contributed by atoms with Gasteiger partial charge in [0.25, 0.3) is 5.91 Å². The van der Waals surface area contributed by atoms with Gasteiger partial charge in [0.2, 0.25) is 5.91 Å². The normalized spacial score (nSPS) is 11.6. The summed E-state index contributed by atoms with van der Waals surface area (Å²) in [5.74, 6) is 0.224. The van der Waals surface area contributed by atoms with Crippen LogP contribution in [-0.4, -0.2) is 29.9 Å². The minimum Gasteiger partial charge on any atom is -0.340 e. The molecule has 1 atom stereocenters. The molecule has 0 fully saturated rings. The molecule has 2 amide bonds. The minimum atomic E-state index is -0.628. The molecule has 2 aromatic carbocycles. The van der Waals surface area contributed by atoms with Crippen LogP contribution in [0.5, 0.6) is 0 Å². The number of rotatable bonds is 7. The van der Waals surface area contributed by atoms with Crippen molar-refractivity contribution in [3.63, 3.8) is 0 Å². The number of carbonyl (C=O) groups excluding carboxylic acids is 2. The molecule has 0 aromatic heterocycles. The molecule has 2 rings (SSSR count). The lowest BCUT2D eigenvalue weighted by Crippen LogP contribution is -2.44. The number of anilines is 1. The van der Waals surface area contributed by atoms with Crippen molar-refractivity contribution in [2.75, 3.05) is 17.3 Å². The molecule has 25 heavy (non-hydrogen) atoms. The molecular formula is C19H21ClN2O2S. The summed E-state index contributed by atoms with van der Waals surface area (Å²) in [7, 11) is 0. The van der Waals surface area contributed by atoms with Crippen LogP contribution in [0, 0.1) is 6.92 Å². The van der Waals surface area contributed by atoms with Crippen LogP contribution in [0.15, 0.2) is 48.5 Å². The largest absolute Gasteiger partial charge is 0.340 e. The van der Waals surface area contributed by atoms with Crippen LogP contribution in [-0.2, 0) is 4.79 Å². The summed E-state index contributed by atoms with van der Waals surface area (Å²) in [6, 6.07) is 13.7. The van der Waals surface area contributed by atoms with Gasteiger partial charge in [-0.25, -0.2) is 0 Å². The number of carbonyl (C=O) groups is 2. The smallest absolute Gasteiger partial charge is 0.251 e. The maximum atomic E-state index is 12.6. The summed E-state index contributed by atoms with van der Waals surface area (Å²) in [6.07, 6.45) is 2.50. The van der Waals surface area contributed by atoms with Gasteiger partial charge in [-0.3, -0.25) is 9.59 Å². The van der Waals surface area contributed by atoms with E-state index in [0.29, 0.717) is 22.7 Å². The fraction of sp³-hybridized carbons (Fsp3) is 0.263. The molecule has 0 saturated heterocycles. The van der Waals surface area contributed by atoms with E-state index in [0.717, 1.165) is 11.3 Å². The number of hydrogen-bond acceptors (Lipinski definition) is 3. The summed E-state index contributed by atoms with van der Waals surface area (Å²) in [6.45, 7) is 1.92. The minimum absolute atomic E-state index is 0.260. The summed E-state index contributed by atoms with van der Waals surface area (Å²) >= 11 is 7.72. The van der Waals surface area contributed by atoms with Crippen molar-refractivity contribution >= 4 is 40.9 Å². The molecule has 2 N–H and O–H groups in total. The van der Waals surface area contributed by atoms with Gasteiger partial charge in [-0.1, -0.05) is 41.4 Å². The Morgan fingerprint density at radius 3 is 2.60 bits per heavy atom. The molecule has 132 valence electrons. The van der Waals surface area contributed by atoms with E-state index in [1.807, 2.05) is 25.3 Å². The van der Waals surface area contributed by atoms with Gasteiger partial charge in [-0.05, 0) is 49.6 Å². The van der Waals surface area contributed by atoms with E-state index < -0.39 is 6.04 Å². The number of amides is 2. The predicted octanol–water partition coefficient (Wildman–Crippen LogP) is 4.14. The van der Waals surface area contributed by atoms with Crippen molar-refractivity contribution in [2.45, 2.75) is 19.4 Å². The molecule has 0 saturated carbocycles. The van der Waals surface area contributed by atoms with Crippen LogP contribution < -0.4 is 10.6 Å². The van der Waals surface area contributed by atoms with E-state index in [9.17, 15) is 9.59 Å². The van der Waals surface area contributed by atoms with E-state index in [4.69, 9.17) is 11.6 Å². The highest BCUT2D eigenvalue weighted by molar-refractivity contribution is 7.98. The monoisotopic (exact) mass is 376 g/mol. The van der Waals surface area contributed by atoms with Crippen molar-refractivity contribution in [1.82, 2.24) is 5.32 Å². The fourth-order valence-corrected chi connectivity index (χ4v) is 2.97. The Balaban J connectivity index is 2.10. The molecule has 6 heteroatoms. The van der Waals surface area contributed by atoms with E-state index in [-0.39, 0.29) is 11.8 Å². The van der Waals surface area contributed by atoms with Gasteiger partial charge in [0, 0.05) is 5.56 Å². The number of hydrogen-bond donors (Lipinski definition) is 2. The molecule has 4 nitrogen and oxygen atoms in total. The zero-order valence-corrected chi connectivity index (χ0v) is 15.8. The zero-order valence-electron chi connectivity index (χ0n) is 14.2. The standard InChI is InChI=1S/C19H21ClN2O2S/c1-13-6-5-7-14(12-13)18(23)22-17(10-11-25-2)19(24)21-16-9-4-3-8-15(16)20/h3-9,12,17H,10-11H2,1-2H3,(H,21,24)(H,22,23). The van der Waals surface area contributed by atoms with Crippen LogP contribution in [0.4, 0.5) is 5.69 Å². The molecule has 0 bridgehead atoms. The van der Waals surface area contributed by atoms with Gasteiger partial charge in [-0.15, -0.1) is 0 Å². The molecule has 0 aliphatic rings. The number of nitrogens with one attached hydrogen (secondary N) is 2. The van der Waals surface area contributed by atoms with E-state index in [2.05, 4.69) is 10.6 Å². The summed E-state index contributed by atoms with van der Waals surface area (Å²) in [5, 5.41) is 6.08. The molecule has 0 aliphatic heterocycles. The Hall–Kier alpha value is -1.98. The van der Waals surface area contributed by atoms with Crippen LogP contribution in [0.3, 0.4) is 0 Å². The third-order valence-electron chi connectivity index (χ3n) is 3.64. The maximum Gasteiger partial charge on any atom is 0.251 e. The molecule has 0 heterocycles. The maximum absolute atomic E-state index is 12.6. The highest BCUT2D eigenvalue weighted by atomic mass is 35.5. The second kappa shape index (κ2) is 9.49. The first kappa shape index (κ1) is 19.3. The first-order valence-electron chi connectivity index (χ1n) is 7.93. The third kappa shape index (κ3) is 5.80.